The van der Waals surface area contributed by atoms with Crippen LogP contribution in [0.4, 0.5) is 0 Å². The Morgan fingerprint density at radius 3 is 2.37 bits per heavy atom. The second kappa shape index (κ2) is 6.43. The Morgan fingerprint density at radius 1 is 1.37 bits per heavy atom. The van der Waals surface area contributed by atoms with E-state index in [9.17, 15) is 14.7 Å². The van der Waals surface area contributed by atoms with Crippen molar-refractivity contribution < 1.29 is 19.4 Å². The lowest BCUT2D eigenvalue weighted by Crippen LogP contribution is -2.47. The molecule has 0 fully saturated rings. The molecule has 1 aromatic carbocycles. The SMILES string of the molecule is Cc1cc(OCC(=O)N[C@H](C)C(=O)[O-])cc(C)c1Cl. The highest BCUT2D eigenvalue weighted by molar-refractivity contribution is 6.32. The summed E-state index contributed by atoms with van der Waals surface area (Å²) in [6, 6.07) is 2.38. The number of rotatable bonds is 5. The molecule has 6 heteroatoms. The maximum atomic E-state index is 11.4. The van der Waals surface area contributed by atoms with Crippen molar-refractivity contribution >= 4 is 23.5 Å². The molecule has 0 aliphatic carbocycles. The fourth-order valence-electron chi connectivity index (χ4n) is 1.48. The summed E-state index contributed by atoms with van der Waals surface area (Å²) in [5.41, 5.74) is 1.69. The Kier molecular flexibility index (Phi) is 5.18. The topological polar surface area (TPSA) is 78.5 Å². The average Bonchev–Trinajstić information content (AvgIpc) is 2.33. The summed E-state index contributed by atoms with van der Waals surface area (Å²) in [6.45, 7) is 4.73. The van der Waals surface area contributed by atoms with Crippen molar-refractivity contribution in [1.82, 2.24) is 5.32 Å². The second-order valence-electron chi connectivity index (χ2n) is 4.27. The van der Waals surface area contributed by atoms with Gasteiger partial charge in [0.05, 0.1) is 12.0 Å². The molecule has 1 atom stereocenters. The van der Waals surface area contributed by atoms with E-state index in [1.165, 1.54) is 6.92 Å². The molecule has 5 nitrogen and oxygen atoms in total. The molecule has 0 aliphatic heterocycles. The van der Waals surface area contributed by atoms with E-state index in [1.807, 2.05) is 13.8 Å². The maximum absolute atomic E-state index is 11.4. The normalized spacial score (nSPS) is 11.8. The summed E-state index contributed by atoms with van der Waals surface area (Å²) in [6.07, 6.45) is 0. The van der Waals surface area contributed by atoms with Crippen molar-refractivity contribution in [3.05, 3.63) is 28.3 Å². The maximum Gasteiger partial charge on any atom is 0.258 e. The van der Waals surface area contributed by atoms with Gasteiger partial charge in [0.2, 0.25) is 0 Å². The van der Waals surface area contributed by atoms with E-state index in [-0.39, 0.29) is 6.61 Å². The Bertz CT molecular complexity index is 478. The Labute approximate surface area is 116 Å². The van der Waals surface area contributed by atoms with Gasteiger partial charge in [0, 0.05) is 5.02 Å². The van der Waals surface area contributed by atoms with Gasteiger partial charge in [0.15, 0.2) is 6.61 Å². The fraction of sp³-hybridized carbons (Fsp3) is 0.385. The molecule has 104 valence electrons. The van der Waals surface area contributed by atoms with E-state index < -0.39 is 17.9 Å². The predicted molar refractivity (Wildman–Crippen MR) is 69.0 cm³/mol. The lowest BCUT2D eigenvalue weighted by Gasteiger charge is -2.15. The van der Waals surface area contributed by atoms with E-state index >= 15 is 0 Å². The third kappa shape index (κ3) is 4.44. The van der Waals surface area contributed by atoms with Crippen molar-refractivity contribution in [2.24, 2.45) is 0 Å². The van der Waals surface area contributed by atoms with Crippen LogP contribution in [0.25, 0.3) is 0 Å². The minimum Gasteiger partial charge on any atom is -0.548 e. The van der Waals surface area contributed by atoms with E-state index in [4.69, 9.17) is 16.3 Å². The van der Waals surface area contributed by atoms with Gasteiger partial charge < -0.3 is 20.0 Å². The fourth-order valence-corrected chi connectivity index (χ4v) is 1.59. The Hall–Kier alpha value is -1.75. The smallest absolute Gasteiger partial charge is 0.258 e. The third-order valence-corrected chi connectivity index (χ3v) is 3.11. The number of hydrogen-bond donors (Lipinski definition) is 1. The van der Waals surface area contributed by atoms with Gasteiger partial charge >= 0.3 is 0 Å². The predicted octanol–water partition coefficient (Wildman–Crippen LogP) is 0.590. The molecular weight excluding hydrogens is 270 g/mol. The molecule has 0 spiro atoms. The molecule has 1 aromatic rings. The number of hydrogen-bond acceptors (Lipinski definition) is 4. The highest BCUT2D eigenvalue weighted by atomic mass is 35.5. The number of halogens is 1. The molecule has 0 saturated heterocycles. The first-order chi connectivity index (χ1) is 8.81. The molecule has 0 aliphatic rings. The molecule has 0 radical (unpaired) electrons. The lowest BCUT2D eigenvalue weighted by atomic mass is 10.1. The van der Waals surface area contributed by atoms with Crippen molar-refractivity contribution in [2.45, 2.75) is 26.8 Å². The summed E-state index contributed by atoms with van der Waals surface area (Å²) < 4.78 is 5.28. The molecule has 0 bridgehead atoms. The number of nitrogens with one attached hydrogen (secondary N) is 1. The summed E-state index contributed by atoms with van der Waals surface area (Å²) in [5, 5.41) is 13.3. The first-order valence-corrected chi connectivity index (χ1v) is 6.09. The summed E-state index contributed by atoms with van der Waals surface area (Å²) in [5.74, 6) is -1.36. The van der Waals surface area contributed by atoms with Crippen LogP contribution in [0, 0.1) is 13.8 Å². The zero-order valence-corrected chi connectivity index (χ0v) is 11.7. The van der Waals surface area contributed by atoms with E-state index in [0.717, 1.165) is 11.1 Å². The standard InChI is InChI=1S/C13H16ClNO4/c1-7-4-10(5-8(2)12(7)14)19-6-11(16)15-9(3)13(17)18/h4-5,9H,6H2,1-3H3,(H,15,16)(H,17,18)/p-1/t9-/m1/s1. The van der Waals surface area contributed by atoms with Gasteiger partial charge in [-0.15, -0.1) is 0 Å². The highest BCUT2D eigenvalue weighted by Crippen LogP contribution is 2.25. The van der Waals surface area contributed by atoms with Gasteiger partial charge in [-0.3, -0.25) is 4.79 Å². The number of carboxylic acids is 1. The molecule has 0 heterocycles. The van der Waals surface area contributed by atoms with Gasteiger partial charge in [0.25, 0.3) is 5.91 Å². The minimum absolute atomic E-state index is 0.266. The second-order valence-corrected chi connectivity index (χ2v) is 4.65. The first-order valence-electron chi connectivity index (χ1n) is 5.71. The van der Waals surface area contributed by atoms with Crippen LogP contribution in [0.3, 0.4) is 0 Å². The van der Waals surface area contributed by atoms with Crippen LogP contribution >= 0.6 is 11.6 Å². The number of carbonyl (C=O) groups excluding carboxylic acids is 2. The number of aryl methyl sites for hydroxylation is 2. The molecular formula is C13H15ClNO4-. The molecule has 1 N–H and O–H groups in total. The molecule has 19 heavy (non-hydrogen) atoms. The number of ether oxygens (including phenoxy) is 1. The minimum atomic E-state index is -1.34. The lowest BCUT2D eigenvalue weighted by molar-refractivity contribution is -0.307. The number of benzene rings is 1. The number of amides is 1. The van der Waals surface area contributed by atoms with Crippen LogP contribution in [0.15, 0.2) is 12.1 Å². The zero-order valence-electron chi connectivity index (χ0n) is 11.0. The van der Waals surface area contributed by atoms with Gasteiger partial charge in [0.1, 0.15) is 5.75 Å². The third-order valence-electron chi connectivity index (χ3n) is 2.51. The number of carbonyl (C=O) groups is 2. The van der Waals surface area contributed by atoms with Crippen LogP contribution in [-0.4, -0.2) is 24.5 Å². The van der Waals surface area contributed by atoms with E-state index in [2.05, 4.69) is 5.32 Å². The van der Waals surface area contributed by atoms with Crippen molar-refractivity contribution in [3.63, 3.8) is 0 Å². The van der Waals surface area contributed by atoms with Gasteiger partial charge in [-0.1, -0.05) is 11.6 Å². The van der Waals surface area contributed by atoms with Crippen LogP contribution in [-0.2, 0) is 9.59 Å². The van der Waals surface area contributed by atoms with Gasteiger partial charge in [-0.2, -0.15) is 0 Å². The molecule has 1 rings (SSSR count). The first kappa shape index (κ1) is 15.3. The Balaban J connectivity index is 2.58. The quantitative estimate of drug-likeness (QED) is 0.858. The summed E-state index contributed by atoms with van der Waals surface area (Å²) in [7, 11) is 0. The number of carboxylic acid groups (broad SMARTS) is 1. The molecule has 1 amide bonds. The summed E-state index contributed by atoms with van der Waals surface area (Å²) >= 11 is 6.01. The summed E-state index contributed by atoms with van der Waals surface area (Å²) in [4.78, 5) is 21.9. The highest BCUT2D eigenvalue weighted by Gasteiger charge is 2.09. The number of aliphatic carboxylic acids is 1. The van der Waals surface area contributed by atoms with Crippen molar-refractivity contribution in [3.8, 4) is 5.75 Å². The zero-order chi connectivity index (χ0) is 14.6. The average molecular weight is 285 g/mol. The van der Waals surface area contributed by atoms with Gasteiger partial charge in [-0.05, 0) is 44.0 Å². The molecule has 0 aromatic heterocycles. The van der Waals surface area contributed by atoms with Crippen molar-refractivity contribution in [1.29, 1.82) is 0 Å². The Morgan fingerprint density at radius 2 is 1.89 bits per heavy atom. The van der Waals surface area contributed by atoms with Crippen LogP contribution < -0.4 is 15.2 Å². The van der Waals surface area contributed by atoms with Crippen molar-refractivity contribution in [2.75, 3.05) is 6.61 Å². The van der Waals surface area contributed by atoms with Crippen LogP contribution in [0.5, 0.6) is 5.75 Å². The van der Waals surface area contributed by atoms with Crippen LogP contribution in [0.2, 0.25) is 5.02 Å². The largest absolute Gasteiger partial charge is 0.548 e. The molecule has 0 saturated carbocycles. The molecule has 0 unspecified atom stereocenters. The van der Waals surface area contributed by atoms with E-state index in [1.54, 1.807) is 12.1 Å². The van der Waals surface area contributed by atoms with Gasteiger partial charge in [-0.25, -0.2) is 0 Å². The van der Waals surface area contributed by atoms with Crippen LogP contribution in [0.1, 0.15) is 18.1 Å². The van der Waals surface area contributed by atoms with E-state index in [0.29, 0.717) is 10.8 Å². The monoisotopic (exact) mass is 284 g/mol.